The average molecular weight is 247 g/mol. The third-order valence-electron chi connectivity index (χ3n) is 2.68. The average Bonchev–Trinajstić information content (AvgIpc) is 2.23. The predicted molar refractivity (Wildman–Crippen MR) is 63.8 cm³/mol. The van der Waals surface area contributed by atoms with Crippen LogP contribution in [0.2, 0.25) is 0 Å². The monoisotopic (exact) mass is 246 g/mol. The van der Waals surface area contributed by atoms with Crippen molar-refractivity contribution in [3.63, 3.8) is 0 Å². The molecule has 0 aliphatic heterocycles. The molecule has 0 aromatic heterocycles. The van der Waals surface area contributed by atoms with Gasteiger partial charge in [0.05, 0.1) is 5.38 Å². The van der Waals surface area contributed by atoms with E-state index in [9.17, 15) is 8.78 Å². The lowest BCUT2D eigenvalue weighted by Crippen LogP contribution is -1.98. The van der Waals surface area contributed by atoms with Crippen LogP contribution in [0.25, 0.3) is 0 Å². The van der Waals surface area contributed by atoms with Gasteiger partial charge in [-0.3, -0.25) is 0 Å². The van der Waals surface area contributed by atoms with Crippen LogP contribution in [-0.4, -0.2) is 0 Å². The molecule has 1 rings (SSSR count). The molecule has 1 aromatic carbocycles. The number of rotatable bonds is 5. The van der Waals surface area contributed by atoms with Crippen LogP contribution in [0, 0.1) is 18.6 Å². The molecule has 0 nitrogen and oxygen atoms in total. The van der Waals surface area contributed by atoms with Gasteiger partial charge in [-0.15, -0.1) is 11.6 Å². The number of unbranched alkanes of at least 4 members (excludes halogenated alkanes) is 2. The lowest BCUT2D eigenvalue weighted by atomic mass is 10.0. The lowest BCUT2D eigenvalue weighted by Gasteiger charge is -2.11. The maximum Gasteiger partial charge on any atom is 0.130 e. The van der Waals surface area contributed by atoms with E-state index in [1.807, 2.05) is 0 Å². The summed E-state index contributed by atoms with van der Waals surface area (Å²) in [6, 6.07) is 2.42. The van der Waals surface area contributed by atoms with Crippen molar-refractivity contribution in [3.8, 4) is 0 Å². The van der Waals surface area contributed by atoms with Crippen molar-refractivity contribution >= 4 is 11.6 Å². The first-order chi connectivity index (χ1) is 7.56. The highest BCUT2D eigenvalue weighted by Gasteiger charge is 2.14. The number of hydrogen-bond acceptors (Lipinski definition) is 0. The molecule has 3 heteroatoms. The van der Waals surface area contributed by atoms with Crippen molar-refractivity contribution in [3.05, 3.63) is 34.9 Å². The Balaban J connectivity index is 2.75. The first-order valence-corrected chi connectivity index (χ1v) is 6.09. The highest BCUT2D eigenvalue weighted by molar-refractivity contribution is 6.20. The van der Waals surface area contributed by atoms with Gasteiger partial charge in [0.1, 0.15) is 11.6 Å². The van der Waals surface area contributed by atoms with Crippen molar-refractivity contribution in [2.75, 3.05) is 0 Å². The molecule has 0 saturated carbocycles. The summed E-state index contributed by atoms with van der Waals surface area (Å²) < 4.78 is 26.5. The molecule has 16 heavy (non-hydrogen) atoms. The van der Waals surface area contributed by atoms with Crippen LogP contribution in [0.4, 0.5) is 8.78 Å². The highest BCUT2D eigenvalue weighted by Crippen LogP contribution is 2.30. The molecule has 0 radical (unpaired) electrons. The van der Waals surface area contributed by atoms with Gasteiger partial charge in [-0.1, -0.05) is 26.2 Å². The number of alkyl halides is 1. The van der Waals surface area contributed by atoms with E-state index < -0.39 is 11.6 Å². The maximum absolute atomic E-state index is 13.5. The van der Waals surface area contributed by atoms with Crippen molar-refractivity contribution in [1.29, 1.82) is 0 Å². The Morgan fingerprint density at radius 2 is 1.88 bits per heavy atom. The summed E-state index contributed by atoms with van der Waals surface area (Å²) >= 11 is 6.11. The minimum atomic E-state index is -0.542. The Kier molecular flexibility index (Phi) is 5.20. The second-order valence-corrected chi connectivity index (χ2v) is 4.61. The van der Waals surface area contributed by atoms with Gasteiger partial charge < -0.3 is 0 Å². The topological polar surface area (TPSA) is 0 Å². The van der Waals surface area contributed by atoms with E-state index in [-0.39, 0.29) is 5.38 Å². The van der Waals surface area contributed by atoms with Gasteiger partial charge in [-0.2, -0.15) is 0 Å². The van der Waals surface area contributed by atoms with Crippen LogP contribution in [-0.2, 0) is 0 Å². The Bertz CT molecular complexity index is 350. The summed E-state index contributed by atoms with van der Waals surface area (Å²) in [5, 5.41) is -0.356. The molecule has 0 fully saturated rings. The molecule has 1 unspecified atom stereocenters. The Morgan fingerprint density at radius 3 is 2.50 bits per heavy atom. The van der Waals surface area contributed by atoms with Gasteiger partial charge in [0, 0.05) is 11.6 Å². The molecule has 0 spiro atoms. The van der Waals surface area contributed by atoms with Crippen molar-refractivity contribution in [2.24, 2.45) is 0 Å². The van der Waals surface area contributed by atoms with Crippen LogP contribution in [0.5, 0.6) is 0 Å². The van der Waals surface area contributed by atoms with E-state index in [1.54, 1.807) is 6.92 Å². The molecule has 1 atom stereocenters. The fourth-order valence-electron chi connectivity index (χ4n) is 1.65. The van der Waals surface area contributed by atoms with Gasteiger partial charge in [0.15, 0.2) is 0 Å². The lowest BCUT2D eigenvalue weighted by molar-refractivity contribution is 0.556. The SMILES string of the molecule is CCCCCC(Cl)c1cc(C)c(F)cc1F. The molecule has 0 amide bonds. The fraction of sp³-hybridized carbons (Fsp3) is 0.538. The summed E-state index contributed by atoms with van der Waals surface area (Å²) in [5.41, 5.74) is 0.856. The molecular weight excluding hydrogens is 230 g/mol. The molecule has 0 aliphatic carbocycles. The van der Waals surface area contributed by atoms with Gasteiger partial charge in [0.25, 0.3) is 0 Å². The summed E-state index contributed by atoms with van der Waals surface area (Å²) in [6.45, 7) is 3.72. The molecule has 0 bridgehead atoms. The number of halogens is 3. The number of benzene rings is 1. The Hall–Kier alpha value is -0.630. The Labute approximate surface area is 101 Å². The van der Waals surface area contributed by atoms with Gasteiger partial charge in [0.2, 0.25) is 0 Å². The van der Waals surface area contributed by atoms with Crippen LogP contribution < -0.4 is 0 Å². The van der Waals surface area contributed by atoms with Gasteiger partial charge in [-0.25, -0.2) is 8.78 Å². The smallest absolute Gasteiger partial charge is 0.130 e. The maximum atomic E-state index is 13.5. The largest absolute Gasteiger partial charge is 0.207 e. The third-order valence-corrected chi connectivity index (χ3v) is 3.13. The zero-order chi connectivity index (χ0) is 12.1. The van der Waals surface area contributed by atoms with E-state index in [4.69, 9.17) is 11.6 Å². The Morgan fingerprint density at radius 1 is 1.19 bits per heavy atom. The molecular formula is C13H17ClF2. The van der Waals surface area contributed by atoms with Crippen LogP contribution in [0.1, 0.15) is 49.1 Å². The quantitative estimate of drug-likeness (QED) is 0.499. The van der Waals surface area contributed by atoms with Gasteiger partial charge >= 0.3 is 0 Å². The van der Waals surface area contributed by atoms with Crippen molar-refractivity contribution < 1.29 is 8.78 Å². The summed E-state index contributed by atoms with van der Waals surface area (Å²) in [5.74, 6) is -1.06. The van der Waals surface area contributed by atoms with E-state index >= 15 is 0 Å². The first kappa shape index (κ1) is 13.4. The van der Waals surface area contributed by atoms with E-state index in [1.165, 1.54) is 6.07 Å². The molecule has 0 aliphatic rings. The van der Waals surface area contributed by atoms with E-state index in [0.29, 0.717) is 11.1 Å². The standard InChI is InChI=1S/C13H17ClF2/c1-3-4-5-6-11(14)10-7-9(2)12(15)8-13(10)16/h7-8,11H,3-6H2,1-2H3. The third kappa shape index (κ3) is 3.44. The predicted octanol–water partition coefficient (Wildman–Crippen LogP) is 5.13. The van der Waals surface area contributed by atoms with Crippen LogP contribution in [0.3, 0.4) is 0 Å². The molecule has 1 aromatic rings. The zero-order valence-corrected chi connectivity index (χ0v) is 10.5. The normalized spacial score (nSPS) is 12.8. The second-order valence-electron chi connectivity index (χ2n) is 4.09. The summed E-state index contributed by atoms with van der Waals surface area (Å²) in [6.07, 6.45) is 3.90. The summed E-state index contributed by atoms with van der Waals surface area (Å²) in [4.78, 5) is 0. The number of aryl methyl sites for hydroxylation is 1. The number of hydrogen-bond donors (Lipinski definition) is 0. The first-order valence-electron chi connectivity index (χ1n) is 5.65. The molecule has 0 heterocycles. The van der Waals surface area contributed by atoms with Gasteiger partial charge in [-0.05, 0) is 25.0 Å². The fourth-order valence-corrected chi connectivity index (χ4v) is 1.97. The minimum absolute atomic E-state index is 0.356. The molecule has 90 valence electrons. The molecule has 0 saturated heterocycles. The van der Waals surface area contributed by atoms with Crippen molar-refractivity contribution in [2.45, 2.75) is 44.9 Å². The minimum Gasteiger partial charge on any atom is -0.207 e. The van der Waals surface area contributed by atoms with Crippen LogP contribution >= 0.6 is 11.6 Å². The summed E-state index contributed by atoms with van der Waals surface area (Å²) in [7, 11) is 0. The van der Waals surface area contributed by atoms with Crippen molar-refractivity contribution in [1.82, 2.24) is 0 Å². The van der Waals surface area contributed by atoms with Crippen LogP contribution in [0.15, 0.2) is 12.1 Å². The molecule has 0 N–H and O–H groups in total. The van der Waals surface area contributed by atoms with E-state index in [0.717, 1.165) is 31.7 Å². The second kappa shape index (κ2) is 6.19. The zero-order valence-electron chi connectivity index (χ0n) is 9.69. The highest BCUT2D eigenvalue weighted by atomic mass is 35.5. The van der Waals surface area contributed by atoms with E-state index in [2.05, 4.69) is 6.92 Å².